The fourth-order valence-corrected chi connectivity index (χ4v) is 2.56. The summed E-state index contributed by atoms with van der Waals surface area (Å²) in [5.74, 6) is 0.314. The van der Waals surface area contributed by atoms with Crippen molar-refractivity contribution >= 4 is 45.0 Å². The molecule has 0 aliphatic heterocycles. The van der Waals surface area contributed by atoms with Gasteiger partial charge in [0.15, 0.2) is 0 Å². The predicted molar refractivity (Wildman–Crippen MR) is 80.6 cm³/mol. The minimum Gasteiger partial charge on any atom is -0.351 e. The maximum Gasteiger partial charge on any atom is 0.252 e. The molecule has 1 N–H and O–H groups in total. The first-order valence-electron chi connectivity index (χ1n) is 5.77. The van der Waals surface area contributed by atoms with E-state index in [1.807, 2.05) is 0 Å². The second-order valence-corrected chi connectivity index (χ2v) is 6.50. The normalized spacial score (nSPS) is 12.6. The lowest BCUT2D eigenvalue weighted by molar-refractivity contribution is 0.0953. The molecule has 1 unspecified atom stereocenters. The van der Waals surface area contributed by atoms with E-state index in [9.17, 15) is 4.79 Å². The molecule has 0 spiro atoms. The van der Waals surface area contributed by atoms with Crippen molar-refractivity contribution < 1.29 is 4.79 Å². The number of hydrogen-bond donors (Lipinski definition) is 1. The average Bonchev–Trinajstić information content (AvgIpc) is 2.28. The second kappa shape index (κ2) is 7.37. The van der Waals surface area contributed by atoms with Crippen LogP contribution in [0.5, 0.6) is 0 Å². The van der Waals surface area contributed by atoms with Crippen LogP contribution < -0.4 is 5.32 Å². The number of amides is 1. The van der Waals surface area contributed by atoms with Gasteiger partial charge in [-0.25, -0.2) is 0 Å². The van der Waals surface area contributed by atoms with E-state index in [1.54, 1.807) is 18.2 Å². The molecule has 0 bridgehead atoms. The number of hydrogen-bond acceptors (Lipinski definition) is 1. The molecule has 0 fully saturated rings. The van der Waals surface area contributed by atoms with E-state index < -0.39 is 0 Å². The zero-order chi connectivity index (χ0) is 13.7. The molecule has 0 aliphatic rings. The third kappa shape index (κ3) is 5.17. The van der Waals surface area contributed by atoms with E-state index >= 15 is 0 Å². The van der Waals surface area contributed by atoms with E-state index in [4.69, 9.17) is 23.2 Å². The van der Waals surface area contributed by atoms with Crippen LogP contribution in [0.15, 0.2) is 22.7 Å². The predicted octanol–water partition coefficient (Wildman–Crippen LogP) is 4.49. The number of alkyl halides is 1. The molecule has 100 valence electrons. The summed E-state index contributed by atoms with van der Waals surface area (Å²) in [6.45, 7) is 4.65. The Bertz CT molecular complexity index is 423. The van der Waals surface area contributed by atoms with Crippen molar-refractivity contribution in [2.24, 2.45) is 5.92 Å². The van der Waals surface area contributed by atoms with Crippen LogP contribution in [-0.2, 0) is 0 Å². The van der Waals surface area contributed by atoms with Gasteiger partial charge in [0.1, 0.15) is 0 Å². The zero-order valence-corrected chi connectivity index (χ0v) is 13.4. The minimum absolute atomic E-state index is 0.0557. The molecule has 0 aliphatic carbocycles. The SMILES string of the molecule is CC(C)CC(Cl)CNC(=O)c1cc(Br)ccc1Cl. The van der Waals surface area contributed by atoms with Crippen molar-refractivity contribution in [2.45, 2.75) is 25.6 Å². The maximum atomic E-state index is 11.9. The molecular formula is C13H16BrCl2NO. The molecular weight excluding hydrogens is 337 g/mol. The summed E-state index contributed by atoms with van der Waals surface area (Å²) in [6.07, 6.45) is 0.869. The highest BCUT2D eigenvalue weighted by molar-refractivity contribution is 9.10. The van der Waals surface area contributed by atoms with Gasteiger partial charge in [-0.3, -0.25) is 4.79 Å². The van der Waals surface area contributed by atoms with Crippen molar-refractivity contribution in [3.8, 4) is 0 Å². The van der Waals surface area contributed by atoms with Gasteiger partial charge < -0.3 is 5.32 Å². The fourth-order valence-electron chi connectivity index (χ4n) is 1.57. The van der Waals surface area contributed by atoms with E-state index in [0.717, 1.165) is 10.9 Å². The Kier molecular flexibility index (Phi) is 6.47. The first-order valence-corrected chi connectivity index (χ1v) is 7.38. The smallest absolute Gasteiger partial charge is 0.252 e. The third-order valence-electron chi connectivity index (χ3n) is 2.38. The van der Waals surface area contributed by atoms with Gasteiger partial charge in [-0.2, -0.15) is 0 Å². The number of carbonyl (C=O) groups is 1. The van der Waals surface area contributed by atoms with Crippen LogP contribution in [0, 0.1) is 5.92 Å². The quantitative estimate of drug-likeness (QED) is 0.777. The summed E-state index contributed by atoms with van der Waals surface area (Å²) in [5.41, 5.74) is 0.458. The monoisotopic (exact) mass is 351 g/mol. The van der Waals surface area contributed by atoms with Crippen molar-refractivity contribution in [2.75, 3.05) is 6.54 Å². The molecule has 0 aromatic heterocycles. The number of carbonyl (C=O) groups excluding carboxylic acids is 1. The van der Waals surface area contributed by atoms with Crippen LogP contribution in [0.25, 0.3) is 0 Å². The van der Waals surface area contributed by atoms with E-state index in [-0.39, 0.29) is 11.3 Å². The lowest BCUT2D eigenvalue weighted by atomic mass is 10.1. The Labute approximate surface area is 126 Å². The molecule has 1 atom stereocenters. The number of halogens is 3. The number of nitrogens with one attached hydrogen (secondary N) is 1. The summed E-state index contributed by atoms with van der Waals surface area (Å²) in [4.78, 5) is 11.9. The molecule has 0 radical (unpaired) electrons. The van der Waals surface area contributed by atoms with Gasteiger partial charge in [0.2, 0.25) is 0 Å². The lowest BCUT2D eigenvalue weighted by Gasteiger charge is -2.13. The van der Waals surface area contributed by atoms with Crippen LogP contribution in [0.4, 0.5) is 0 Å². The first-order chi connectivity index (χ1) is 8.40. The van der Waals surface area contributed by atoms with Gasteiger partial charge in [-0.05, 0) is 30.5 Å². The van der Waals surface area contributed by atoms with Crippen LogP contribution >= 0.6 is 39.1 Å². The molecule has 1 aromatic carbocycles. The molecule has 1 rings (SSSR count). The standard InChI is InChI=1S/C13H16BrCl2NO/c1-8(2)5-10(15)7-17-13(18)11-6-9(14)3-4-12(11)16/h3-4,6,8,10H,5,7H2,1-2H3,(H,17,18). The van der Waals surface area contributed by atoms with E-state index in [0.29, 0.717) is 23.0 Å². The second-order valence-electron chi connectivity index (χ2n) is 4.56. The lowest BCUT2D eigenvalue weighted by Crippen LogP contribution is -2.30. The van der Waals surface area contributed by atoms with Crippen LogP contribution in [-0.4, -0.2) is 17.8 Å². The van der Waals surface area contributed by atoms with Gasteiger partial charge in [-0.1, -0.05) is 41.4 Å². The average molecular weight is 353 g/mol. The fraction of sp³-hybridized carbons (Fsp3) is 0.462. The summed E-state index contributed by atoms with van der Waals surface area (Å²) in [5, 5.41) is 3.18. The maximum absolute atomic E-state index is 11.9. The Balaban J connectivity index is 2.58. The topological polar surface area (TPSA) is 29.1 Å². The van der Waals surface area contributed by atoms with Crippen LogP contribution in [0.1, 0.15) is 30.6 Å². The third-order valence-corrected chi connectivity index (χ3v) is 3.54. The van der Waals surface area contributed by atoms with Gasteiger partial charge in [0, 0.05) is 11.0 Å². The molecule has 1 amide bonds. The summed E-state index contributed by atoms with van der Waals surface area (Å²) >= 11 is 15.4. The highest BCUT2D eigenvalue weighted by Crippen LogP contribution is 2.21. The molecule has 0 heterocycles. The van der Waals surface area contributed by atoms with Gasteiger partial charge in [0.05, 0.1) is 16.0 Å². The Morgan fingerprint density at radius 1 is 1.44 bits per heavy atom. The van der Waals surface area contributed by atoms with E-state index in [2.05, 4.69) is 35.1 Å². The van der Waals surface area contributed by atoms with Crippen LogP contribution in [0.3, 0.4) is 0 Å². The molecule has 5 heteroatoms. The van der Waals surface area contributed by atoms with Crippen molar-refractivity contribution in [1.29, 1.82) is 0 Å². The van der Waals surface area contributed by atoms with Crippen molar-refractivity contribution in [3.63, 3.8) is 0 Å². The van der Waals surface area contributed by atoms with Gasteiger partial charge in [-0.15, -0.1) is 11.6 Å². The van der Waals surface area contributed by atoms with Crippen molar-refractivity contribution in [3.05, 3.63) is 33.3 Å². The number of benzene rings is 1. The molecule has 1 aromatic rings. The Hall–Kier alpha value is -0.250. The highest BCUT2D eigenvalue weighted by Gasteiger charge is 2.13. The van der Waals surface area contributed by atoms with Crippen LogP contribution in [0.2, 0.25) is 5.02 Å². The molecule has 2 nitrogen and oxygen atoms in total. The summed E-state index contributed by atoms with van der Waals surface area (Å²) in [6, 6.07) is 5.18. The largest absolute Gasteiger partial charge is 0.351 e. The van der Waals surface area contributed by atoms with Gasteiger partial charge in [0.25, 0.3) is 5.91 Å². The highest BCUT2D eigenvalue weighted by atomic mass is 79.9. The van der Waals surface area contributed by atoms with Crippen molar-refractivity contribution in [1.82, 2.24) is 5.32 Å². The molecule has 0 saturated heterocycles. The Morgan fingerprint density at radius 3 is 2.72 bits per heavy atom. The summed E-state index contributed by atoms with van der Waals surface area (Å²) in [7, 11) is 0. The minimum atomic E-state index is -0.198. The first kappa shape index (κ1) is 15.8. The van der Waals surface area contributed by atoms with Gasteiger partial charge >= 0.3 is 0 Å². The van der Waals surface area contributed by atoms with E-state index in [1.165, 1.54) is 0 Å². The molecule has 0 saturated carbocycles. The number of rotatable bonds is 5. The molecule has 18 heavy (non-hydrogen) atoms. The summed E-state index contributed by atoms with van der Waals surface area (Å²) < 4.78 is 0.821. The Morgan fingerprint density at radius 2 is 2.11 bits per heavy atom. The zero-order valence-electron chi connectivity index (χ0n) is 10.3.